The van der Waals surface area contributed by atoms with Crippen molar-refractivity contribution in [3.05, 3.63) is 63.6 Å². The second kappa shape index (κ2) is 8.58. The van der Waals surface area contributed by atoms with Gasteiger partial charge in [-0.15, -0.1) is 12.4 Å². The number of nitrogens with zero attached hydrogens (tertiary/aromatic N) is 2. The van der Waals surface area contributed by atoms with E-state index in [1.807, 2.05) is 30.3 Å². The first-order valence-electron chi connectivity index (χ1n) is 10.4. The molecule has 160 valence electrons. The number of piperidine rings is 1. The lowest BCUT2D eigenvalue weighted by molar-refractivity contribution is -0.125. The average molecular weight is 467 g/mol. The maximum absolute atomic E-state index is 12.9. The number of nitrogens with one attached hydrogen (secondary N) is 1. The summed E-state index contributed by atoms with van der Waals surface area (Å²) in [5.41, 5.74) is 3.12. The van der Waals surface area contributed by atoms with Gasteiger partial charge in [0.05, 0.1) is 6.67 Å². The third-order valence-electron chi connectivity index (χ3n) is 7.03. The van der Waals surface area contributed by atoms with Crippen LogP contribution in [0.4, 0.5) is 5.69 Å². The van der Waals surface area contributed by atoms with Gasteiger partial charge in [-0.25, -0.2) is 0 Å². The van der Waals surface area contributed by atoms with Crippen molar-refractivity contribution in [1.29, 1.82) is 0 Å². The number of hydrogen-bond acceptors (Lipinski definition) is 3. The Balaban J connectivity index is 0.00000218. The van der Waals surface area contributed by atoms with Crippen LogP contribution in [0.15, 0.2) is 42.5 Å². The van der Waals surface area contributed by atoms with Crippen LogP contribution in [0.3, 0.4) is 0 Å². The van der Waals surface area contributed by atoms with Gasteiger partial charge < -0.3 is 10.2 Å². The van der Waals surface area contributed by atoms with E-state index in [0.29, 0.717) is 12.7 Å². The van der Waals surface area contributed by atoms with E-state index >= 15 is 0 Å². The van der Waals surface area contributed by atoms with Gasteiger partial charge in [0, 0.05) is 34.9 Å². The molecule has 2 saturated heterocycles. The van der Waals surface area contributed by atoms with Crippen LogP contribution in [0.5, 0.6) is 0 Å². The lowest BCUT2D eigenvalue weighted by Gasteiger charge is -2.46. The van der Waals surface area contributed by atoms with Crippen LogP contribution in [0.2, 0.25) is 10.0 Å². The highest BCUT2D eigenvalue weighted by atomic mass is 35.5. The normalized spacial score (nSPS) is 23.1. The molecule has 0 saturated carbocycles. The maximum atomic E-state index is 12.9. The zero-order valence-electron chi connectivity index (χ0n) is 16.7. The van der Waals surface area contributed by atoms with Gasteiger partial charge in [-0.2, -0.15) is 0 Å². The molecule has 0 aromatic heterocycles. The highest BCUT2D eigenvalue weighted by molar-refractivity contribution is 6.34. The molecule has 1 spiro atoms. The first-order chi connectivity index (χ1) is 14.1. The number of carbonyl (C=O) groups excluding carboxylic acids is 1. The summed E-state index contributed by atoms with van der Waals surface area (Å²) in [6.07, 6.45) is 4.70. The number of para-hydroxylation sites is 1. The van der Waals surface area contributed by atoms with Gasteiger partial charge in [0.15, 0.2) is 0 Å². The molecule has 1 aliphatic carbocycles. The van der Waals surface area contributed by atoms with E-state index in [2.05, 4.69) is 27.2 Å². The molecule has 1 amide bonds. The highest BCUT2D eigenvalue weighted by Gasteiger charge is 2.50. The Hall–Kier alpha value is -1.46. The van der Waals surface area contributed by atoms with Gasteiger partial charge in [0.2, 0.25) is 5.91 Å². The van der Waals surface area contributed by atoms with Gasteiger partial charge in [-0.3, -0.25) is 9.69 Å². The van der Waals surface area contributed by atoms with Gasteiger partial charge in [-0.05, 0) is 67.5 Å². The summed E-state index contributed by atoms with van der Waals surface area (Å²) >= 11 is 12.9. The second-order valence-corrected chi connectivity index (χ2v) is 9.19. The minimum absolute atomic E-state index is 0. The molecule has 30 heavy (non-hydrogen) atoms. The minimum atomic E-state index is -0.425. The molecule has 0 radical (unpaired) electrons. The van der Waals surface area contributed by atoms with Crippen LogP contribution in [0, 0.1) is 0 Å². The van der Waals surface area contributed by atoms with E-state index in [9.17, 15) is 4.79 Å². The fraction of sp³-hybridized carbons (Fsp3) is 0.435. The van der Waals surface area contributed by atoms with E-state index in [-0.39, 0.29) is 18.3 Å². The predicted molar refractivity (Wildman–Crippen MR) is 125 cm³/mol. The molecular formula is C23H26Cl3N3O. The Labute approximate surface area is 193 Å². The number of rotatable bonds is 2. The Kier molecular flexibility index (Phi) is 6.23. The number of benzene rings is 2. The number of carbonyl (C=O) groups is 1. The SMILES string of the molecule is Cl.O=C1NCN(c2ccccc2)C12CCN(C1CCc3c(Cl)ccc(Cl)c3C1)CC2. The van der Waals surface area contributed by atoms with Crippen LogP contribution < -0.4 is 10.2 Å². The molecule has 2 fully saturated rings. The average Bonchev–Trinajstić information content (AvgIpc) is 3.07. The highest BCUT2D eigenvalue weighted by Crippen LogP contribution is 2.39. The summed E-state index contributed by atoms with van der Waals surface area (Å²) in [7, 11) is 0. The molecule has 0 bridgehead atoms. The first-order valence-corrected chi connectivity index (χ1v) is 11.1. The summed E-state index contributed by atoms with van der Waals surface area (Å²) in [4.78, 5) is 17.7. The number of likely N-dealkylation sites (tertiary alicyclic amines) is 1. The molecule has 5 rings (SSSR count). The molecule has 4 nitrogen and oxygen atoms in total. The van der Waals surface area contributed by atoms with Crippen LogP contribution >= 0.6 is 35.6 Å². The number of anilines is 1. The second-order valence-electron chi connectivity index (χ2n) is 8.38. The molecule has 7 heteroatoms. The topological polar surface area (TPSA) is 35.6 Å². The Morgan fingerprint density at radius 3 is 2.33 bits per heavy atom. The van der Waals surface area contributed by atoms with E-state index < -0.39 is 5.54 Å². The predicted octanol–water partition coefficient (Wildman–Crippen LogP) is 4.70. The van der Waals surface area contributed by atoms with Crippen molar-refractivity contribution >= 4 is 47.2 Å². The lowest BCUT2D eigenvalue weighted by atomic mass is 9.82. The Morgan fingerprint density at radius 1 is 0.967 bits per heavy atom. The van der Waals surface area contributed by atoms with E-state index in [1.54, 1.807) is 0 Å². The Bertz CT molecular complexity index is 929. The number of hydrogen-bond donors (Lipinski definition) is 1. The smallest absolute Gasteiger partial charge is 0.247 e. The van der Waals surface area contributed by atoms with Crippen molar-refractivity contribution in [1.82, 2.24) is 10.2 Å². The van der Waals surface area contributed by atoms with E-state index in [0.717, 1.165) is 60.9 Å². The van der Waals surface area contributed by atoms with Crippen molar-refractivity contribution in [2.45, 2.75) is 43.7 Å². The summed E-state index contributed by atoms with van der Waals surface area (Å²) in [6.45, 7) is 2.44. The van der Waals surface area contributed by atoms with Gasteiger partial charge >= 0.3 is 0 Å². The standard InChI is InChI=1S/C23H25Cl2N3O.ClH/c24-20-8-9-21(25)19-14-17(6-7-18(19)20)27-12-10-23(11-13-27)22(29)26-15-28(23)16-4-2-1-3-5-16;/h1-5,8-9,17H,6-7,10-15H2,(H,26,29);1H. The van der Waals surface area contributed by atoms with Crippen molar-refractivity contribution in [2.24, 2.45) is 0 Å². The van der Waals surface area contributed by atoms with Crippen LogP contribution in [-0.2, 0) is 17.6 Å². The molecular weight excluding hydrogens is 441 g/mol. The van der Waals surface area contributed by atoms with Gasteiger partial charge in [0.1, 0.15) is 5.54 Å². The monoisotopic (exact) mass is 465 g/mol. The fourth-order valence-corrected chi connectivity index (χ4v) is 5.90. The molecule has 2 aliphatic heterocycles. The largest absolute Gasteiger partial charge is 0.339 e. The van der Waals surface area contributed by atoms with Gasteiger partial charge in [0.25, 0.3) is 0 Å². The van der Waals surface area contributed by atoms with E-state index in [1.165, 1.54) is 11.1 Å². The van der Waals surface area contributed by atoms with Crippen molar-refractivity contribution < 1.29 is 4.79 Å². The zero-order chi connectivity index (χ0) is 20.0. The molecule has 1 unspecified atom stereocenters. The molecule has 1 N–H and O–H groups in total. The third-order valence-corrected chi connectivity index (χ3v) is 7.74. The molecule has 2 aromatic carbocycles. The summed E-state index contributed by atoms with van der Waals surface area (Å²) in [5.74, 6) is 0.171. The molecule has 2 heterocycles. The van der Waals surface area contributed by atoms with Crippen molar-refractivity contribution in [2.75, 3.05) is 24.7 Å². The van der Waals surface area contributed by atoms with Crippen LogP contribution in [-0.4, -0.2) is 42.1 Å². The number of fused-ring (bicyclic) bond motifs is 1. The number of halogens is 3. The van der Waals surface area contributed by atoms with Crippen LogP contribution in [0.1, 0.15) is 30.4 Å². The van der Waals surface area contributed by atoms with E-state index in [4.69, 9.17) is 23.2 Å². The fourth-order valence-electron chi connectivity index (χ4n) is 5.38. The quantitative estimate of drug-likeness (QED) is 0.697. The first kappa shape index (κ1) is 21.8. The number of amides is 1. The van der Waals surface area contributed by atoms with Crippen molar-refractivity contribution in [3.8, 4) is 0 Å². The minimum Gasteiger partial charge on any atom is -0.339 e. The summed E-state index contributed by atoms with van der Waals surface area (Å²) in [6, 6.07) is 14.6. The summed E-state index contributed by atoms with van der Waals surface area (Å²) < 4.78 is 0. The van der Waals surface area contributed by atoms with Gasteiger partial charge in [-0.1, -0.05) is 41.4 Å². The molecule has 2 aromatic rings. The molecule has 3 aliphatic rings. The van der Waals surface area contributed by atoms with Crippen LogP contribution in [0.25, 0.3) is 0 Å². The van der Waals surface area contributed by atoms with Crippen molar-refractivity contribution in [3.63, 3.8) is 0 Å². The molecule has 1 atom stereocenters. The Morgan fingerprint density at radius 2 is 1.63 bits per heavy atom. The third kappa shape index (κ3) is 3.58. The zero-order valence-corrected chi connectivity index (χ0v) is 19.1. The maximum Gasteiger partial charge on any atom is 0.247 e. The summed E-state index contributed by atoms with van der Waals surface area (Å²) in [5, 5.41) is 4.75. The lowest BCUT2D eigenvalue weighted by Crippen LogP contribution is -2.58.